The van der Waals surface area contributed by atoms with E-state index in [4.69, 9.17) is 0 Å². The average molecular weight is 286 g/mol. The van der Waals surface area contributed by atoms with Crippen molar-refractivity contribution < 1.29 is 4.79 Å². The summed E-state index contributed by atoms with van der Waals surface area (Å²) in [6.07, 6.45) is 0.236. The number of nitrogens with zero attached hydrogens (tertiary/aromatic N) is 1. The fraction of sp³-hybridized carbons (Fsp3) is 0.455. The van der Waals surface area contributed by atoms with Gasteiger partial charge < -0.3 is 0 Å². The minimum atomic E-state index is -0.0560. The van der Waals surface area contributed by atoms with E-state index in [9.17, 15) is 4.79 Å². The molecule has 0 amide bonds. The number of hydrogen-bond donors (Lipinski definition) is 0. The maximum Gasteiger partial charge on any atom is 0.195 e. The highest BCUT2D eigenvalue weighted by molar-refractivity contribution is 9.10. The number of ketones is 1. The van der Waals surface area contributed by atoms with Crippen molar-refractivity contribution in [2.75, 3.05) is 0 Å². The lowest BCUT2D eigenvalue weighted by atomic mass is 9.97. The maximum absolute atomic E-state index is 11.6. The van der Waals surface area contributed by atoms with Crippen LogP contribution in [-0.2, 0) is 0 Å². The molecule has 1 rings (SSSR count). The molecule has 80 valence electrons. The van der Waals surface area contributed by atoms with Crippen LogP contribution in [0, 0.1) is 17.3 Å². The summed E-state index contributed by atoms with van der Waals surface area (Å²) in [6, 6.07) is 0. The summed E-state index contributed by atoms with van der Waals surface area (Å²) in [7, 11) is 0. The molecule has 0 atom stereocenters. The zero-order valence-electron chi connectivity index (χ0n) is 8.93. The third-order valence-electron chi connectivity index (χ3n) is 1.50. The molecule has 0 N–H and O–H groups in total. The fourth-order valence-electron chi connectivity index (χ4n) is 0.882. The van der Waals surface area contributed by atoms with E-state index in [0.717, 1.165) is 4.47 Å². The van der Waals surface area contributed by atoms with Crippen molar-refractivity contribution in [3.63, 3.8) is 0 Å². The van der Waals surface area contributed by atoms with Gasteiger partial charge in [-0.05, 0) is 48.2 Å². The molecule has 0 aliphatic rings. The number of aromatic nitrogens is 1. The van der Waals surface area contributed by atoms with Crippen molar-refractivity contribution in [3.8, 4) is 11.8 Å². The van der Waals surface area contributed by atoms with Crippen LogP contribution in [0.1, 0.15) is 37.7 Å². The van der Waals surface area contributed by atoms with Crippen LogP contribution in [0.3, 0.4) is 0 Å². The molecular formula is C11H12BrNOS. The van der Waals surface area contributed by atoms with Gasteiger partial charge >= 0.3 is 0 Å². The Hall–Kier alpha value is -0.660. The third-order valence-corrected chi connectivity index (χ3v) is 3.04. The van der Waals surface area contributed by atoms with E-state index in [1.807, 2.05) is 20.8 Å². The van der Waals surface area contributed by atoms with Crippen LogP contribution in [0.4, 0.5) is 0 Å². The van der Waals surface area contributed by atoms with Gasteiger partial charge in [-0.25, -0.2) is 0 Å². The first kappa shape index (κ1) is 12.4. The number of carbonyl (C=O) groups is 1. The Kier molecular flexibility index (Phi) is 4.06. The van der Waals surface area contributed by atoms with Gasteiger partial charge in [-0.2, -0.15) is 4.37 Å². The number of carbonyl (C=O) groups excluding carboxylic acids is 1. The Bertz CT molecular complexity index is 420. The van der Waals surface area contributed by atoms with Gasteiger partial charge in [0.15, 0.2) is 5.78 Å². The molecule has 0 saturated heterocycles. The highest BCUT2D eigenvalue weighted by atomic mass is 79.9. The zero-order chi connectivity index (χ0) is 11.5. The van der Waals surface area contributed by atoms with E-state index >= 15 is 0 Å². The summed E-state index contributed by atoms with van der Waals surface area (Å²) in [5.74, 6) is 5.88. The molecule has 0 aromatic carbocycles. The Morgan fingerprint density at radius 2 is 2.27 bits per heavy atom. The summed E-state index contributed by atoms with van der Waals surface area (Å²) in [5.41, 5.74) is 0.433. The number of hydrogen-bond acceptors (Lipinski definition) is 3. The Morgan fingerprint density at radius 3 is 2.73 bits per heavy atom. The van der Waals surface area contributed by atoms with Crippen molar-refractivity contribution in [2.24, 2.45) is 5.41 Å². The van der Waals surface area contributed by atoms with Crippen molar-refractivity contribution in [1.82, 2.24) is 4.37 Å². The molecule has 0 bridgehead atoms. The minimum Gasteiger partial charge on any atom is -0.291 e. The molecule has 0 saturated carbocycles. The summed E-state index contributed by atoms with van der Waals surface area (Å²) in [5, 5.41) is 1.80. The first-order valence-corrected chi connectivity index (χ1v) is 6.16. The number of Topliss-reactive ketones (excluding diaryl/α,β-unsaturated/α-hetero) is 1. The van der Waals surface area contributed by atoms with Crippen molar-refractivity contribution in [2.45, 2.75) is 27.2 Å². The van der Waals surface area contributed by atoms with E-state index in [0.29, 0.717) is 5.69 Å². The second-order valence-electron chi connectivity index (χ2n) is 4.16. The van der Waals surface area contributed by atoms with Crippen LogP contribution in [0.15, 0.2) is 9.85 Å². The third kappa shape index (κ3) is 4.15. The smallest absolute Gasteiger partial charge is 0.195 e. The SMILES string of the molecule is CC(C)(C)C#CCC(=O)c1nscc1Br. The molecular weight excluding hydrogens is 274 g/mol. The molecule has 0 fully saturated rings. The maximum atomic E-state index is 11.6. The largest absolute Gasteiger partial charge is 0.291 e. The van der Waals surface area contributed by atoms with Gasteiger partial charge in [0.05, 0.1) is 10.9 Å². The summed E-state index contributed by atoms with van der Waals surface area (Å²) >= 11 is 4.54. The van der Waals surface area contributed by atoms with Gasteiger partial charge in [0, 0.05) is 10.8 Å². The van der Waals surface area contributed by atoms with Gasteiger partial charge in [0.1, 0.15) is 5.69 Å². The Balaban J connectivity index is 2.65. The van der Waals surface area contributed by atoms with Crippen LogP contribution in [0.2, 0.25) is 0 Å². The molecule has 1 heterocycles. The van der Waals surface area contributed by atoms with E-state index in [-0.39, 0.29) is 17.6 Å². The Labute approximate surface area is 102 Å². The van der Waals surface area contributed by atoms with Crippen LogP contribution in [0.25, 0.3) is 0 Å². The summed E-state index contributed by atoms with van der Waals surface area (Å²) in [4.78, 5) is 11.6. The first-order chi connectivity index (χ1) is 6.90. The lowest BCUT2D eigenvalue weighted by Gasteiger charge is -2.06. The summed E-state index contributed by atoms with van der Waals surface area (Å²) < 4.78 is 4.77. The lowest BCUT2D eigenvalue weighted by molar-refractivity contribution is 0.0993. The van der Waals surface area contributed by atoms with Crippen LogP contribution < -0.4 is 0 Å². The summed E-state index contributed by atoms with van der Waals surface area (Å²) in [6.45, 7) is 6.05. The van der Waals surface area contributed by atoms with Crippen molar-refractivity contribution in [1.29, 1.82) is 0 Å². The molecule has 1 aromatic rings. The van der Waals surface area contributed by atoms with Crippen LogP contribution in [0.5, 0.6) is 0 Å². The average Bonchev–Trinajstić information content (AvgIpc) is 2.48. The van der Waals surface area contributed by atoms with Gasteiger partial charge in [0.25, 0.3) is 0 Å². The topological polar surface area (TPSA) is 30.0 Å². The van der Waals surface area contributed by atoms with Gasteiger partial charge in [0.2, 0.25) is 0 Å². The molecule has 4 heteroatoms. The standard InChI is InChI=1S/C11H12BrNOS/c1-11(2,3)6-4-5-9(14)10-8(12)7-15-13-10/h7H,5H2,1-3H3. The molecule has 2 nitrogen and oxygen atoms in total. The van der Waals surface area contributed by atoms with Gasteiger partial charge in [-0.15, -0.1) is 0 Å². The highest BCUT2D eigenvalue weighted by Gasteiger charge is 2.11. The van der Waals surface area contributed by atoms with Crippen molar-refractivity contribution in [3.05, 3.63) is 15.5 Å². The quantitative estimate of drug-likeness (QED) is 0.615. The monoisotopic (exact) mass is 285 g/mol. The second-order valence-corrected chi connectivity index (χ2v) is 5.65. The minimum absolute atomic E-state index is 0.0279. The van der Waals surface area contributed by atoms with Crippen molar-refractivity contribution >= 4 is 33.2 Å². The molecule has 0 radical (unpaired) electrons. The molecule has 0 aliphatic heterocycles. The second kappa shape index (κ2) is 4.91. The molecule has 0 spiro atoms. The van der Waals surface area contributed by atoms with Gasteiger partial charge in [-0.1, -0.05) is 11.8 Å². The highest BCUT2D eigenvalue weighted by Crippen LogP contribution is 2.19. The van der Waals surface area contributed by atoms with E-state index < -0.39 is 0 Å². The van der Waals surface area contributed by atoms with E-state index in [1.165, 1.54) is 11.5 Å². The zero-order valence-corrected chi connectivity index (χ0v) is 11.3. The predicted molar refractivity (Wildman–Crippen MR) is 66.0 cm³/mol. The molecule has 0 unspecified atom stereocenters. The van der Waals surface area contributed by atoms with Gasteiger partial charge in [-0.3, -0.25) is 4.79 Å². The molecule has 0 aliphatic carbocycles. The predicted octanol–water partition coefficient (Wildman–Crippen LogP) is 3.53. The normalized spacial score (nSPS) is 10.7. The van der Waals surface area contributed by atoms with E-state index in [1.54, 1.807) is 5.38 Å². The van der Waals surface area contributed by atoms with E-state index in [2.05, 4.69) is 32.1 Å². The molecule has 1 aromatic heterocycles. The van der Waals surface area contributed by atoms with Crippen LogP contribution >= 0.6 is 27.5 Å². The lowest BCUT2D eigenvalue weighted by Crippen LogP contribution is -2.02. The number of rotatable bonds is 2. The van der Waals surface area contributed by atoms with Crippen LogP contribution in [-0.4, -0.2) is 10.2 Å². The Morgan fingerprint density at radius 1 is 1.60 bits per heavy atom. The fourth-order valence-corrected chi connectivity index (χ4v) is 2.12. The first-order valence-electron chi connectivity index (χ1n) is 4.53. The molecule has 15 heavy (non-hydrogen) atoms. The number of halogens is 1.